The first-order valence-corrected chi connectivity index (χ1v) is 6.46. The Morgan fingerprint density at radius 1 is 1.16 bits per heavy atom. The van der Waals surface area contributed by atoms with Gasteiger partial charge in [0.05, 0.1) is 6.04 Å². The molecular weight excluding hydrogens is 238 g/mol. The molecule has 0 radical (unpaired) electrons. The van der Waals surface area contributed by atoms with Gasteiger partial charge in [-0.3, -0.25) is 9.69 Å². The van der Waals surface area contributed by atoms with E-state index < -0.39 is 0 Å². The van der Waals surface area contributed by atoms with E-state index in [-0.39, 0.29) is 17.6 Å². The summed E-state index contributed by atoms with van der Waals surface area (Å²) in [5.41, 5.74) is 0.721. The Morgan fingerprint density at radius 3 is 2.42 bits per heavy atom. The van der Waals surface area contributed by atoms with Crippen LogP contribution in [-0.4, -0.2) is 35.9 Å². The Morgan fingerprint density at radius 2 is 1.79 bits per heavy atom. The van der Waals surface area contributed by atoms with Crippen molar-refractivity contribution in [2.75, 3.05) is 14.1 Å². The zero-order valence-corrected chi connectivity index (χ0v) is 11.6. The smallest absolute Gasteiger partial charge is 0.179 e. The van der Waals surface area contributed by atoms with Crippen LogP contribution in [0, 0.1) is 0 Å². The van der Waals surface area contributed by atoms with Gasteiger partial charge in [0.15, 0.2) is 5.78 Å². The van der Waals surface area contributed by atoms with Crippen molar-refractivity contribution in [2.24, 2.45) is 0 Å². The van der Waals surface area contributed by atoms with E-state index in [4.69, 9.17) is 0 Å². The minimum atomic E-state index is -0.0884. The predicted octanol–water partition coefficient (Wildman–Crippen LogP) is 3.07. The third kappa shape index (κ3) is 2.76. The van der Waals surface area contributed by atoms with Crippen LogP contribution in [0.5, 0.6) is 5.75 Å². The Labute approximate surface area is 113 Å². The maximum Gasteiger partial charge on any atom is 0.179 e. The molecule has 2 aromatic rings. The summed E-state index contributed by atoms with van der Waals surface area (Å²) in [5, 5.41) is 11.3. The summed E-state index contributed by atoms with van der Waals surface area (Å²) in [7, 11) is 3.84. The fourth-order valence-corrected chi connectivity index (χ4v) is 2.36. The number of carbonyl (C=O) groups is 1. The number of benzene rings is 2. The fourth-order valence-electron chi connectivity index (χ4n) is 2.36. The maximum atomic E-state index is 12.4. The molecule has 0 saturated heterocycles. The summed E-state index contributed by atoms with van der Waals surface area (Å²) < 4.78 is 0. The first-order chi connectivity index (χ1) is 9.02. The van der Waals surface area contributed by atoms with Crippen molar-refractivity contribution in [3.63, 3.8) is 0 Å². The molecule has 0 fully saturated rings. The average molecular weight is 257 g/mol. The first-order valence-electron chi connectivity index (χ1n) is 6.46. The van der Waals surface area contributed by atoms with Crippen LogP contribution in [0.4, 0.5) is 0 Å². The lowest BCUT2D eigenvalue weighted by Crippen LogP contribution is -2.35. The molecule has 0 aliphatic heterocycles. The zero-order chi connectivity index (χ0) is 14.0. The summed E-state index contributed by atoms with van der Waals surface area (Å²) in [6.07, 6.45) is 0.791. The van der Waals surface area contributed by atoms with Crippen molar-refractivity contribution < 1.29 is 9.90 Å². The summed E-state index contributed by atoms with van der Waals surface area (Å²) in [4.78, 5) is 14.4. The number of aromatic hydroxyl groups is 1. The Balaban J connectivity index is 2.40. The number of hydrogen-bond donors (Lipinski definition) is 1. The number of ketones is 1. The highest BCUT2D eigenvalue weighted by molar-refractivity contribution is 6.03. The minimum Gasteiger partial charge on any atom is -0.508 e. The van der Waals surface area contributed by atoms with Crippen LogP contribution in [0.2, 0.25) is 0 Å². The van der Waals surface area contributed by atoms with Crippen LogP contribution < -0.4 is 0 Å². The van der Waals surface area contributed by atoms with Gasteiger partial charge in [0.2, 0.25) is 0 Å². The second-order valence-electron chi connectivity index (χ2n) is 5.00. The SMILES string of the molecule is CCC(C(=O)c1ccc2cc(O)ccc2c1)N(C)C. The van der Waals surface area contributed by atoms with E-state index in [1.807, 2.05) is 50.2 Å². The monoisotopic (exact) mass is 257 g/mol. The number of rotatable bonds is 4. The van der Waals surface area contributed by atoms with Crippen molar-refractivity contribution >= 4 is 16.6 Å². The van der Waals surface area contributed by atoms with Gasteiger partial charge in [-0.15, -0.1) is 0 Å². The molecule has 3 heteroatoms. The number of nitrogens with zero attached hydrogens (tertiary/aromatic N) is 1. The van der Waals surface area contributed by atoms with E-state index in [1.54, 1.807) is 12.1 Å². The number of phenols is 1. The number of carbonyl (C=O) groups excluding carboxylic acids is 1. The van der Waals surface area contributed by atoms with Crippen LogP contribution in [-0.2, 0) is 0 Å². The van der Waals surface area contributed by atoms with Gasteiger partial charge < -0.3 is 5.11 Å². The summed E-state index contributed by atoms with van der Waals surface area (Å²) in [5.74, 6) is 0.383. The number of fused-ring (bicyclic) bond motifs is 1. The molecule has 2 aromatic carbocycles. The molecule has 0 heterocycles. The van der Waals surface area contributed by atoms with Crippen LogP contribution >= 0.6 is 0 Å². The van der Waals surface area contributed by atoms with Crippen molar-refractivity contribution in [2.45, 2.75) is 19.4 Å². The van der Waals surface area contributed by atoms with Gasteiger partial charge in [-0.25, -0.2) is 0 Å². The summed E-state index contributed by atoms with van der Waals surface area (Å²) >= 11 is 0. The lowest BCUT2D eigenvalue weighted by molar-refractivity contribution is 0.0871. The van der Waals surface area contributed by atoms with E-state index in [2.05, 4.69) is 0 Å². The van der Waals surface area contributed by atoms with Crippen molar-refractivity contribution in [1.29, 1.82) is 0 Å². The average Bonchev–Trinajstić information content (AvgIpc) is 2.38. The quantitative estimate of drug-likeness (QED) is 0.856. The Hall–Kier alpha value is -1.87. The molecule has 1 unspecified atom stereocenters. The Kier molecular flexibility index (Phi) is 3.86. The zero-order valence-electron chi connectivity index (χ0n) is 11.6. The van der Waals surface area contributed by atoms with Gasteiger partial charge in [0.25, 0.3) is 0 Å². The molecule has 0 spiro atoms. The van der Waals surface area contributed by atoms with Crippen LogP contribution in [0.1, 0.15) is 23.7 Å². The van der Waals surface area contributed by atoms with E-state index in [0.29, 0.717) is 0 Å². The van der Waals surface area contributed by atoms with Gasteiger partial charge in [-0.1, -0.05) is 25.1 Å². The van der Waals surface area contributed by atoms with Crippen LogP contribution in [0.25, 0.3) is 10.8 Å². The second-order valence-corrected chi connectivity index (χ2v) is 5.00. The molecule has 2 rings (SSSR count). The first kappa shape index (κ1) is 13.6. The molecule has 19 heavy (non-hydrogen) atoms. The van der Waals surface area contributed by atoms with E-state index in [9.17, 15) is 9.90 Å². The van der Waals surface area contributed by atoms with Gasteiger partial charge in [-0.2, -0.15) is 0 Å². The molecule has 1 atom stereocenters. The lowest BCUT2D eigenvalue weighted by atomic mass is 9.98. The van der Waals surface area contributed by atoms with Gasteiger partial charge in [-0.05, 0) is 49.5 Å². The fraction of sp³-hybridized carbons (Fsp3) is 0.312. The van der Waals surface area contributed by atoms with Crippen molar-refractivity contribution in [3.05, 3.63) is 42.0 Å². The van der Waals surface area contributed by atoms with Gasteiger partial charge in [0, 0.05) is 5.56 Å². The Bertz CT molecular complexity index is 605. The molecular formula is C16H19NO2. The number of Topliss-reactive ketones (excluding diaryl/α,β-unsaturated/α-hetero) is 1. The standard InChI is InChI=1S/C16H19NO2/c1-4-15(17(2)3)16(19)13-6-5-12-10-14(18)8-7-11(12)9-13/h5-10,15,18H,4H2,1-3H3. The third-order valence-electron chi connectivity index (χ3n) is 3.42. The largest absolute Gasteiger partial charge is 0.508 e. The number of phenolic OH excluding ortho intramolecular Hbond substituents is 1. The highest BCUT2D eigenvalue weighted by Gasteiger charge is 2.20. The molecule has 0 bridgehead atoms. The summed E-state index contributed by atoms with van der Waals surface area (Å²) in [6.45, 7) is 2.02. The highest BCUT2D eigenvalue weighted by Crippen LogP contribution is 2.22. The molecule has 0 saturated carbocycles. The predicted molar refractivity (Wildman–Crippen MR) is 77.7 cm³/mol. The maximum absolute atomic E-state index is 12.4. The molecule has 0 aromatic heterocycles. The van der Waals surface area contributed by atoms with E-state index >= 15 is 0 Å². The van der Waals surface area contributed by atoms with Crippen LogP contribution in [0.3, 0.4) is 0 Å². The number of likely N-dealkylation sites (N-methyl/N-ethyl adjacent to an activating group) is 1. The molecule has 100 valence electrons. The van der Waals surface area contributed by atoms with Gasteiger partial charge in [0.1, 0.15) is 5.75 Å². The third-order valence-corrected chi connectivity index (χ3v) is 3.42. The highest BCUT2D eigenvalue weighted by atomic mass is 16.3. The van der Waals surface area contributed by atoms with Gasteiger partial charge >= 0.3 is 0 Å². The summed E-state index contributed by atoms with van der Waals surface area (Å²) in [6, 6.07) is 10.7. The van der Waals surface area contributed by atoms with Crippen LogP contribution in [0.15, 0.2) is 36.4 Å². The minimum absolute atomic E-state index is 0.0884. The molecule has 0 amide bonds. The molecule has 1 N–H and O–H groups in total. The normalized spacial score (nSPS) is 12.8. The van der Waals surface area contributed by atoms with E-state index in [0.717, 1.165) is 22.8 Å². The topological polar surface area (TPSA) is 40.5 Å². The van der Waals surface area contributed by atoms with E-state index in [1.165, 1.54) is 0 Å². The number of hydrogen-bond acceptors (Lipinski definition) is 3. The van der Waals surface area contributed by atoms with Crippen molar-refractivity contribution in [3.8, 4) is 5.75 Å². The lowest BCUT2D eigenvalue weighted by Gasteiger charge is -2.21. The molecule has 0 aliphatic carbocycles. The molecule has 0 aliphatic rings. The second kappa shape index (κ2) is 5.41. The van der Waals surface area contributed by atoms with Crippen molar-refractivity contribution in [1.82, 2.24) is 4.90 Å². The molecule has 3 nitrogen and oxygen atoms in total.